The van der Waals surface area contributed by atoms with Gasteiger partial charge in [-0.25, -0.2) is 0 Å². The predicted molar refractivity (Wildman–Crippen MR) is 155 cm³/mol. The third-order valence-corrected chi connectivity index (χ3v) is 11.4. The third-order valence-electron chi connectivity index (χ3n) is 6.93. The summed E-state index contributed by atoms with van der Waals surface area (Å²) in [4.78, 5) is 39.9. The molecule has 0 saturated carbocycles. The zero-order chi connectivity index (χ0) is 25.8. The number of thiophene rings is 1. The fourth-order valence-electron chi connectivity index (χ4n) is 4.68. The number of nitrogen functional groups attached to an aromatic ring is 1. The third kappa shape index (κ3) is 5.75. The standard InChI is InChI=1S/C29H30N3O3PS/c30-25-13-12-23(27-7-4-18-37-27)20-26(25)31-29(34)22-10-8-21(9-11-22)19-28(33)32-14-16-36(35,17-15-32)24-5-2-1-3-6-24/h1-13,18,20,35-36H,14-17,19,30H2,(H,31,34). The summed E-state index contributed by atoms with van der Waals surface area (Å²) in [6.45, 7) is 1.14. The first kappa shape index (κ1) is 25.2. The van der Waals surface area contributed by atoms with Crippen molar-refractivity contribution in [2.24, 2.45) is 0 Å². The van der Waals surface area contributed by atoms with Crippen LogP contribution in [0.3, 0.4) is 0 Å². The van der Waals surface area contributed by atoms with E-state index in [4.69, 9.17) is 5.73 Å². The Morgan fingerprint density at radius 1 is 0.946 bits per heavy atom. The molecule has 2 heterocycles. The van der Waals surface area contributed by atoms with Crippen molar-refractivity contribution in [2.75, 3.05) is 36.5 Å². The van der Waals surface area contributed by atoms with Crippen molar-refractivity contribution >= 4 is 47.3 Å². The van der Waals surface area contributed by atoms with Gasteiger partial charge >= 0.3 is 153 Å². The first-order chi connectivity index (χ1) is 17.9. The molecule has 1 aliphatic rings. The van der Waals surface area contributed by atoms with Gasteiger partial charge in [0, 0.05) is 4.88 Å². The fraction of sp³-hybridized carbons (Fsp3) is 0.172. The molecule has 37 heavy (non-hydrogen) atoms. The number of hydrogen-bond donors (Lipinski definition) is 3. The van der Waals surface area contributed by atoms with Crippen molar-refractivity contribution in [3.63, 3.8) is 0 Å². The Kier molecular flexibility index (Phi) is 7.38. The van der Waals surface area contributed by atoms with E-state index in [9.17, 15) is 14.5 Å². The van der Waals surface area contributed by atoms with Crippen LogP contribution in [0.1, 0.15) is 15.9 Å². The first-order valence-electron chi connectivity index (χ1n) is 12.3. The normalized spacial score (nSPS) is 15.6. The first-order valence-corrected chi connectivity index (χ1v) is 15.5. The maximum absolute atomic E-state index is 12.9. The number of rotatable bonds is 6. The summed E-state index contributed by atoms with van der Waals surface area (Å²) in [5.41, 5.74) is 9.51. The van der Waals surface area contributed by atoms with Crippen LogP contribution in [0.25, 0.3) is 10.4 Å². The minimum absolute atomic E-state index is 0.0412. The molecule has 190 valence electrons. The number of carbonyl (C=O) groups is 2. The molecule has 3 aromatic carbocycles. The maximum atomic E-state index is 12.9. The Bertz CT molecular complexity index is 1380. The van der Waals surface area contributed by atoms with Crippen LogP contribution in [0.5, 0.6) is 0 Å². The Morgan fingerprint density at radius 2 is 1.68 bits per heavy atom. The van der Waals surface area contributed by atoms with E-state index >= 15 is 0 Å². The van der Waals surface area contributed by atoms with E-state index in [0.29, 0.717) is 42.4 Å². The van der Waals surface area contributed by atoms with Gasteiger partial charge in [0.15, 0.2) is 0 Å². The van der Waals surface area contributed by atoms with E-state index < -0.39 is 7.49 Å². The van der Waals surface area contributed by atoms with Crippen LogP contribution >= 0.6 is 18.8 Å². The average Bonchev–Trinajstić information content (AvgIpc) is 3.46. The van der Waals surface area contributed by atoms with Gasteiger partial charge in [-0.2, -0.15) is 0 Å². The monoisotopic (exact) mass is 531 g/mol. The number of nitrogens with zero attached hydrogens (tertiary/aromatic N) is 1. The molecule has 1 aromatic heterocycles. The molecule has 5 rings (SSSR count). The van der Waals surface area contributed by atoms with Crippen LogP contribution < -0.4 is 16.4 Å². The van der Waals surface area contributed by atoms with E-state index in [0.717, 1.165) is 21.3 Å². The van der Waals surface area contributed by atoms with Crippen LogP contribution in [0.4, 0.5) is 11.4 Å². The second-order valence-electron chi connectivity index (χ2n) is 9.39. The van der Waals surface area contributed by atoms with Gasteiger partial charge in [0.2, 0.25) is 0 Å². The Balaban J connectivity index is 1.18. The summed E-state index contributed by atoms with van der Waals surface area (Å²) in [5.74, 6) is -0.214. The summed E-state index contributed by atoms with van der Waals surface area (Å²) in [7, 11) is -2.51. The molecule has 0 spiro atoms. The Morgan fingerprint density at radius 3 is 2.35 bits per heavy atom. The van der Waals surface area contributed by atoms with Gasteiger partial charge in [-0.15, -0.1) is 11.3 Å². The molecule has 0 aliphatic carbocycles. The van der Waals surface area contributed by atoms with E-state index in [1.54, 1.807) is 29.5 Å². The van der Waals surface area contributed by atoms with Gasteiger partial charge in [0.1, 0.15) is 0 Å². The average molecular weight is 532 g/mol. The van der Waals surface area contributed by atoms with Crippen LogP contribution in [0, 0.1) is 0 Å². The molecule has 0 bridgehead atoms. The van der Waals surface area contributed by atoms with Gasteiger partial charge in [-0.3, -0.25) is 0 Å². The van der Waals surface area contributed by atoms with Crippen molar-refractivity contribution in [1.29, 1.82) is 0 Å². The number of carbonyl (C=O) groups excluding carboxylic acids is 2. The number of nitrogens with one attached hydrogen (secondary N) is 1. The molecule has 2 amide bonds. The van der Waals surface area contributed by atoms with Crippen molar-refractivity contribution in [3.8, 4) is 10.4 Å². The summed E-state index contributed by atoms with van der Waals surface area (Å²) in [6.07, 6.45) is 1.57. The number of amides is 2. The number of anilines is 2. The van der Waals surface area contributed by atoms with Gasteiger partial charge in [-0.05, 0) is 29.1 Å². The van der Waals surface area contributed by atoms with Crippen molar-refractivity contribution < 1.29 is 14.5 Å². The van der Waals surface area contributed by atoms with Crippen molar-refractivity contribution in [1.82, 2.24) is 4.90 Å². The zero-order valence-corrected chi connectivity index (χ0v) is 22.2. The second kappa shape index (κ2) is 10.9. The predicted octanol–water partition coefficient (Wildman–Crippen LogP) is 4.62. The topological polar surface area (TPSA) is 95.7 Å². The number of benzene rings is 3. The molecule has 0 atom stereocenters. The summed E-state index contributed by atoms with van der Waals surface area (Å²) in [6, 6.07) is 26.6. The summed E-state index contributed by atoms with van der Waals surface area (Å²) in [5, 5.41) is 5.95. The number of hydrogen-bond acceptors (Lipinski definition) is 5. The van der Waals surface area contributed by atoms with Crippen LogP contribution in [0.2, 0.25) is 0 Å². The fourth-order valence-corrected chi connectivity index (χ4v) is 8.32. The SMILES string of the molecule is Nc1ccc(-c2cccs2)cc1NC(=O)c1ccc(CC(=O)N2CC[PH](O)(c3ccccc3)CC2)cc1. The Labute approximate surface area is 221 Å². The molecule has 0 radical (unpaired) electrons. The van der Waals surface area contributed by atoms with E-state index in [1.807, 2.05) is 77.0 Å². The molecular weight excluding hydrogens is 501 g/mol. The molecule has 8 heteroatoms. The molecule has 1 aliphatic heterocycles. The zero-order valence-electron chi connectivity index (χ0n) is 20.4. The second-order valence-corrected chi connectivity index (χ2v) is 14.0. The molecule has 4 N–H and O–H groups in total. The molecular formula is C29H30N3O3PS. The van der Waals surface area contributed by atoms with E-state index in [-0.39, 0.29) is 18.2 Å². The summed E-state index contributed by atoms with van der Waals surface area (Å²) >= 11 is 1.63. The van der Waals surface area contributed by atoms with E-state index in [2.05, 4.69) is 5.32 Å². The van der Waals surface area contributed by atoms with Gasteiger partial charge in [0.25, 0.3) is 0 Å². The van der Waals surface area contributed by atoms with Crippen LogP contribution in [-0.2, 0) is 11.2 Å². The van der Waals surface area contributed by atoms with Crippen LogP contribution in [0.15, 0.2) is 90.3 Å². The molecule has 6 nitrogen and oxygen atoms in total. The van der Waals surface area contributed by atoms with Crippen molar-refractivity contribution in [3.05, 3.63) is 101 Å². The van der Waals surface area contributed by atoms with Crippen LogP contribution in [-0.4, -0.2) is 47.0 Å². The summed E-state index contributed by atoms with van der Waals surface area (Å²) < 4.78 is 0. The Hall–Kier alpha value is -3.51. The molecule has 4 aromatic rings. The molecule has 0 unspecified atom stereocenters. The van der Waals surface area contributed by atoms with Gasteiger partial charge in [0.05, 0.1) is 5.69 Å². The van der Waals surface area contributed by atoms with Crippen molar-refractivity contribution in [2.45, 2.75) is 6.42 Å². The van der Waals surface area contributed by atoms with Gasteiger partial charge < -0.3 is 5.73 Å². The minimum atomic E-state index is -2.51. The van der Waals surface area contributed by atoms with E-state index in [1.165, 1.54) is 0 Å². The number of nitrogens with two attached hydrogens (primary N) is 1. The van der Waals surface area contributed by atoms with Gasteiger partial charge in [-0.1, -0.05) is 12.1 Å². The molecule has 1 fully saturated rings. The quantitative estimate of drug-likeness (QED) is 0.250. The molecule has 1 saturated heterocycles.